The second-order valence-electron chi connectivity index (χ2n) is 5.11. The largest absolute Gasteiger partial charge is 0.379 e. The smallest absolute Gasteiger partial charge is 0.123 e. The fourth-order valence-electron chi connectivity index (χ4n) is 2.59. The third-order valence-electron chi connectivity index (χ3n) is 3.70. The van der Waals surface area contributed by atoms with Gasteiger partial charge in [-0.2, -0.15) is 0 Å². The number of H-pyrrole nitrogens is 1. The minimum Gasteiger partial charge on any atom is -0.379 e. The summed E-state index contributed by atoms with van der Waals surface area (Å²) in [4.78, 5) is 3.19. The van der Waals surface area contributed by atoms with E-state index in [0.29, 0.717) is 0 Å². The number of rotatable bonds is 5. The third-order valence-corrected chi connectivity index (χ3v) is 3.70. The van der Waals surface area contributed by atoms with Crippen molar-refractivity contribution in [3.05, 3.63) is 35.8 Å². The minimum absolute atomic E-state index is 0.176. The van der Waals surface area contributed by atoms with Crippen molar-refractivity contribution >= 4 is 10.9 Å². The molecule has 108 valence electrons. The molecule has 0 unspecified atom stereocenters. The first-order valence-electron chi connectivity index (χ1n) is 7.14. The van der Waals surface area contributed by atoms with Crippen molar-refractivity contribution in [2.24, 2.45) is 0 Å². The second-order valence-corrected chi connectivity index (χ2v) is 5.11. The summed E-state index contributed by atoms with van der Waals surface area (Å²) in [5, 5.41) is 3.20. The number of hydrazine groups is 1. The molecule has 0 aliphatic carbocycles. The number of aromatic amines is 1. The van der Waals surface area contributed by atoms with E-state index in [1.54, 1.807) is 12.1 Å². The summed E-state index contributed by atoms with van der Waals surface area (Å²) in [5.74, 6) is -0.176. The first kappa shape index (κ1) is 13.5. The van der Waals surface area contributed by atoms with Crippen molar-refractivity contribution in [3.8, 4) is 0 Å². The maximum Gasteiger partial charge on any atom is 0.123 e. The van der Waals surface area contributed by atoms with E-state index in [-0.39, 0.29) is 5.82 Å². The average molecular weight is 277 g/mol. The average Bonchev–Trinajstić information content (AvgIpc) is 2.87. The highest BCUT2D eigenvalue weighted by molar-refractivity contribution is 5.83. The molecule has 1 aliphatic heterocycles. The molecule has 0 saturated carbocycles. The fraction of sp³-hybridized carbons (Fsp3) is 0.467. The Morgan fingerprint density at radius 1 is 1.30 bits per heavy atom. The Morgan fingerprint density at radius 3 is 3.00 bits per heavy atom. The van der Waals surface area contributed by atoms with Gasteiger partial charge in [-0.3, -0.25) is 5.43 Å². The minimum atomic E-state index is -0.176. The van der Waals surface area contributed by atoms with Crippen LogP contribution in [0.4, 0.5) is 4.39 Å². The van der Waals surface area contributed by atoms with Gasteiger partial charge in [-0.15, -0.1) is 0 Å². The van der Waals surface area contributed by atoms with E-state index in [4.69, 9.17) is 4.74 Å². The summed E-state index contributed by atoms with van der Waals surface area (Å²) in [6.45, 7) is 4.42. The molecule has 2 N–H and O–H groups in total. The molecule has 20 heavy (non-hydrogen) atoms. The lowest BCUT2D eigenvalue weighted by molar-refractivity contribution is 0.0120. The van der Waals surface area contributed by atoms with E-state index < -0.39 is 0 Å². The number of fused-ring (bicyclic) bond motifs is 1. The molecule has 0 amide bonds. The van der Waals surface area contributed by atoms with Crippen LogP contribution in [0.5, 0.6) is 0 Å². The number of ether oxygens (including phenoxy) is 1. The van der Waals surface area contributed by atoms with Gasteiger partial charge < -0.3 is 9.72 Å². The molecular formula is C15H20FN3O. The van der Waals surface area contributed by atoms with E-state index in [9.17, 15) is 4.39 Å². The van der Waals surface area contributed by atoms with Crippen molar-refractivity contribution in [2.75, 3.05) is 32.8 Å². The number of nitrogens with zero attached hydrogens (tertiary/aromatic N) is 1. The molecular weight excluding hydrogens is 257 g/mol. The first-order chi connectivity index (χ1) is 9.83. The highest BCUT2D eigenvalue weighted by Gasteiger charge is 2.09. The van der Waals surface area contributed by atoms with Gasteiger partial charge >= 0.3 is 0 Å². The number of hydrogen-bond acceptors (Lipinski definition) is 3. The van der Waals surface area contributed by atoms with E-state index in [2.05, 4.69) is 15.4 Å². The van der Waals surface area contributed by atoms with E-state index in [0.717, 1.165) is 56.6 Å². The Kier molecular flexibility index (Phi) is 4.30. The summed E-state index contributed by atoms with van der Waals surface area (Å²) in [6, 6.07) is 4.89. The van der Waals surface area contributed by atoms with Gasteiger partial charge in [0.1, 0.15) is 5.82 Å². The molecule has 0 radical (unpaired) electrons. The van der Waals surface area contributed by atoms with Gasteiger partial charge in [0, 0.05) is 36.7 Å². The topological polar surface area (TPSA) is 40.3 Å². The Morgan fingerprint density at radius 2 is 2.15 bits per heavy atom. The van der Waals surface area contributed by atoms with Crippen LogP contribution in [0.3, 0.4) is 0 Å². The van der Waals surface area contributed by atoms with Crippen LogP contribution in [0.2, 0.25) is 0 Å². The van der Waals surface area contributed by atoms with Gasteiger partial charge in [0.25, 0.3) is 0 Å². The van der Waals surface area contributed by atoms with Crippen LogP contribution in [0, 0.1) is 5.82 Å². The van der Waals surface area contributed by atoms with Gasteiger partial charge in [0.15, 0.2) is 0 Å². The molecule has 0 spiro atoms. The molecule has 1 aromatic heterocycles. The molecule has 2 aromatic rings. The van der Waals surface area contributed by atoms with Crippen molar-refractivity contribution in [2.45, 2.75) is 12.8 Å². The highest BCUT2D eigenvalue weighted by Crippen LogP contribution is 2.20. The molecule has 0 bridgehead atoms. The number of nitrogens with one attached hydrogen (secondary N) is 2. The van der Waals surface area contributed by atoms with Gasteiger partial charge in [0.05, 0.1) is 13.2 Å². The number of halogens is 1. The Balaban J connectivity index is 1.50. The number of benzene rings is 1. The molecule has 1 aliphatic rings. The van der Waals surface area contributed by atoms with Gasteiger partial charge in [-0.05, 0) is 36.6 Å². The SMILES string of the molecule is Fc1ccc2[nH]cc(CCCNN3CCOCC3)c2c1. The Bertz CT molecular complexity index is 563. The van der Waals surface area contributed by atoms with Crippen molar-refractivity contribution < 1.29 is 9.13 Å². The predicted molar refractivity (Wildman–Crippen MR) is 77.0 cm³/mol. The van der Waals surface area contributed by atoms with Gasteiger partial charge in [-0.25, -0.2) is 9.40 Å². The lowest BCUT2D eigenvalue weighted by Gasteiger charge is -2.27. The molecule has 1 fully saturated rings. The first-order valence-corrected chi connectivity index (χ1v) is 7.14. The van der Waals surface area contributed by atoms with Crippen molar-refractivity contribution in [1.82, 2.24) is 15.4 Å². The molecule has 3 rings (SSSR count). The second kappa shape index (κ2) is 6.35. The van der Waals surface area contributed by atoms with Crippen LogP contribution < -0.4 is 5.43 Å². The molecule has 4 nitrogen and oxygen atoms in total. The lowest BCUT2D eigenvalue weighted by Crippen LogP contribution is -2.46. The van der Waals surface area contributed by atoms with Crippen LogP contribution in [0.15, 0.2) is 24.4 Å². The monoisotopic (exact) mass is 277 g/mol. The maximum atomic E-state index is 13.3. The van der Waals surface area contributed by atoms with Crippen LogP contribution in [0.25, 0.3) is 10.9 Å². The normalized spacial score (nSPS) is 16.9. The number of aryl methyl sites for hydroxylation is 1. The molecule has 2 heterocycles. The standard InChI is InChI=1S/C15H20FN3O/c16-13-3-4-15-14(10-13)12(11-17-15)2-1-5-18-19-6-8-20-9-7-19/h3-4,10-11,17-18H,1-2,5-9H2. The highest BCUT2D eigenvalue weighted by atomic mass is 19.1. The van der Waals surface area contributed by atoms with Crippen molar-refractivity contribution in [3.63, 3.8) is 0 Å². The van der Waals surface area contributed by atoms with Crippen LogP contribution in [-0.2, 0) is 11.2 Å². The number of hydrogen-bond donors (Lipinski definition) is 2. The zero-order chi connectivity index (χ0) is 13.8. The van der Waals surface area contributed by atoms with Crippen LogP contribution in [-0.4, -0.2) is 42.8 Å². The summed E-state index contributed by atoms with van der Waals surface area (Å²) < 4.78 is 18.6. The molecule has 1 saturated heterocycles. The van der Waals surface area contributed by atoms with Gasteiger partial charge in [-0.1, -0.05) is 0 Å². The van der Waals surface area contributed by atoms with E-state index in [1.165, 1.54) is 11.6 Å². The number of aromatic nitrogens is 1. The summed E-state index contributed by atoms with van der Waals surface area (Å²) in [7, 11) is 0. The molecule has 1 aromatic carbocycles. The lowest BCUT2D eigenvalue weighted by atomic mass is 10.1. The van der Waals surface area contributed by atoms with E-state index >= 15 is 0 Å². The zero-order valence-electron chi connectivity index (χ0n) is 11.5. The zero-order valence-corrected chi connectivity index (χ0v) is 11.5. The van der Waals surface area contributed by atoms with Crippen LogP contribution >= 0.6 is 0 Å². The van der Waals surface area contributed by atoms with Crippen LogP contribution in [0.1, 0.15) is 12.0 Å². The Labute approximate surface area is 117 Å². The van der Waals surface area contributed by atoms with Crippen molar-refractivity contribution in [1.29, 1.82) is 0 Å². The summed E-state index contributed by atoms with van der Waals surface area (Å²) >= 11 is 0. The third kappa shape index (κ3) is 3.17. The summed E-state index contributed by atoms with van der Waals surface area (Å²) in [5.41, 5.74) is 5.60. The molecule has 0 atom stereocenters. The quantitative estimate of drug-likeness (QED) is 0.822. The Hall–Kier alpha value is -1.43. The fourth-order valence-corrected chi connectivity index (χ4v) is 2.59. The van der Waals surface area contributed by atoms with E-state index in [1.807, 2.05) is 6.20 Å². The maximum absolute atomic E-state index is 13.3. The summed E-state index contributed by atoms with van der Waals surface area (Å²) in [6.07, 6.45) is 3.96. The predicted octanol–water partition coefficient (Wildman–Crippen LogP) is 2.08. The molecule has 5 heteroatoms. The van der Waals surface area contributed by atoms with Gasteiger partial charge in [0.2, 0.25) is 0 Å². The number of morpholine rings is 1.